The smallest absolute Gasteiger partial charge is 0.255 e. The Hall–Kier alpha value is -0.250. The minimum atomic E-state index is -0.0266. The van der Waals surface area contributed by atoms with E-state index in [-0.39, 0.29) is 5.91 Å². The third kappa shape index (κ3) is 3.01. The fourth-order valence-electron chi connectivity index (χ4n) is 2.07. The average Bonchev–Trinajstić information content (AvgIpc) is 2.34. The number of hydrogen-bond acceptors (Lipinski definition) is 1. The van der Waals surface area contributed by atoms with Crippen molar-refractivity contribution in [1.29, 1.82) is 0 Å². The molecule has 1 amide bonds. The third-order valence-corrected chi connectivity index (χ3v) is 4.82. The highest BCUT2D eigenvalue weighted by molar-refractivity contribution is 9.10. The van der Waals surface area contributed by atoms with Crippen molar-refractivity contribution < 1.29 is 4.79 Å². The van der Waals surface area contributed by atoms with Crippen LogP contribution in [0.2, 0.25) is 10.0 Å². The maximum atomic E-state index is 12.4. The van der Waals surface area contributed by atoms with Gasteiger partial charge in [0.05, 0.1) is 15.6 Å². The topological polar surface area (TPSA) is 20.3 Å². The van der Waals surface area contributed by atoms with Crippen LogP contribution in [0, 0.1) is 5.92 Å². The van der Waals surface area contributed by atoms with E-state index in [1.54, 1.807) is 12.1 Å². The van der Waals surface area contributed by atoms with Crippen LogP contribution in [0.4, 0.5) is 0 Å². The molecule has 1 aliphatic heterocycles. The molecule has 1 saturated heterocycles. The van der Waals surface area contributed by atoms with Gasteiger partial charge in [0, 0.05) is 17.6 Å². The molecule has 1 aromatic carbocycles. The maximum absolute atomic E-state index is 12.4. The molecule has 0 N–H and O–H groups in total. The fraction of sp³-hybridized carbons (Fsp3) is 0.462. The number of likely N-dealkylation sites (tertiary alicyclic amines) is 1. The molecule has 1 heterocycles. The summed E-state index contributed by atoms with van der Waals surface area (Å²) in [6.45, 7) is 3.80. The molecule has 98 valence electrons. The SMILES string of the molecule is CC1CCN(C(=O)c2cc(Cl)c(Br)cc2Cl)CC1. The Balaban J connectivity index is 2.21. The highest BCUT2D eigenvalue weighted by Crippen LogP contribution is 2.30. The van der Waals surface area contributed by atoms with Gasteiger partial charge in [-0.05, 0) is 46.8 Å². The number of rotatable bonds is 1. The number of nitrogens with zero attached hydrogens (tertiary/aromatic N) is 1. The lowest BCUT2D eigenvalue weighted by molar-refractivity contribution is 0.0697. The summed E-state index contributed by atoms with van der Waals surface area (Å²) >= 11 is 15.4. The van der Waals surface area contributed by atoms with Crippen LogP contribution in [0.25, 0.3) is 0 Å². The predicted molar refractivity (Wildman–Crippen MR) is 78.5 cm³/mol. The first-order chi connectivity index (χ1) is 8.49. The van der Waals surface area contributed by atoms with E-state index in [2.05, 4.69) is 22.9 Å². The van der Waals surface area contributed by atoms with E-state index in [4.69, 9.17) is 23.2 Å². The molecule has 1 aromatic rings. The monoisotopic (exact) mass is 349 g/mol. The maximum Gasteiger partial charge on any atom is 0.255 e. The van der Waals surface area contributed by atoms with Crippen molar-refractivity contribution >= 4 is 45.0 Å². The summed E-state index contributed by atoms with van der Waals surface area (Å²) in [5.74, 6) is 0.666. The minimum Gasteiger partial charge on any atom is -0.339 e. The normalized spacial score (nSPS) is 17.0. The van der Waals surface area contributed by atoms with Gasteiger partial charge < -0.3 is 4.90 Å². The van der Waals surface area contributed by atoms with E-state index in [1.807, 2.05) is 4.90 Å². The molecule has 0 aliphatic carbocycles. The van der Waals surface area contributed by atoms with Gasteiger partial charge in [-0.1, -0.05) is 30.1 Å². The van der Waals surface area contributed by atoms with Gasteiger partial charge in [0.1, 0.15) is 0 Å². The molecular formula is C13H14BrCl2NO. The van der Waals surface area contributed by atoms with E-state index in [9.17, 15) is 4.79 Å². The van der Waals surface area contributed by atoms with Crippen LogP contribution in [0.5, 0.6) is 0 Å². The Morgan fingerprint density at radius 3 is 2.50 bits per heavy atom. The van der Waals surface area contributed by atoms with Crippen LogP contribution in [0.1, 0.15) is 30.1 Å². The first-order valence-corrected chi connectivity index (χ1v) is 7.47. The van der Waals surface area contributed by atoms with Crippen LogP contribution < -0.4 is 0 Å². The summed E-state index contributed by atoms with van der Waals surface area (Å²) in [7, 11) is 0. The molecule has 0 atom stereocenters. The van der Waals surface area contributed by atoms with E-state index >= 15 is 0 Å². The second kappa shape index (κ2) is 5.81. The highest BCUT2D eigenvalue weighted by Gasteiger charge is 2.23. The molecule has 0 saturated carbocycles. The van der Waals surface area contributed by atoms with E-state index < -0.39 is 0 Å². The second-order valence-electron chi connectivity index (χ2n) is 4.72. The zero-order valence-corrected chi connectivity index (χ0v) is 13.1. The van der Waals surface area contributed by atoms with Crippen LogP contribution >= 0.6 is 39.1 Å². The zero-order chi connectivity index (χ0) is 13.3. The number of hydrogen-bond donors (Lipinski definition) is 0. The highest BCUT2D eigenvalue weighted by atomic mass is 79.9. The predicted octanol–water partition coefficient (Wildman–Crippen LogP) is 4.63. The first kappa shape index (κ1) is 14.2. The third-order valence-electron chi connectivity index (χ3n) is 3.31. The summed E-state index contributed by atoms with van der Waals surface area (Å²) in [4.78, 5) is 14.2. The van der Waals surface area contributed by atoms with Gasteiger partial charge in [-0.3, -0.25) is 4.79 Å². The molecule has 18 heavy (non-hydrogen) atoms. The average molecular weight is 351 g/mol. The second-order valence-corrected chi connectivity index (χ2v) is 6.39. The number of halogens is 3. The molecule has 1 aliphatic rings. The molecule has 5 heteroatoms. The number of carbonyl (C=O) groups is 1. The molecule has 1 fully saturated rings. The Labute approximate surface area is 125 Å². The zero-order valence-electron chi connectivity index (χ0n) is 10.0. The van der Waals surface area contributed by atoms with E-state index in [1.165, 1.54) is 0 Å². The number of benzene rings is 1. The first-order valence-electron chi connectivity index (χ1n) is 5.93. The number of carbonyl (C=O) groups excluding carboxylic acids is 1. The lowest BCUT2D eigenvalue weighted by Crippen LogP contribution is -2.38. The number of amides is 1. The molecule has 0 radical (unpaired) electrons. The van der Waals surface area contributed by atoms with Crippen molar-refractivity contribution in [2.75, 3.05) is 13.1 Å². The van der Waals surface area contributed by atoms with Crippen molar-refractivity contribution in [1.82, 2.24) is 4.90 Å². The van der Waals surface area contributed by atoms with Gasteiger partial charge in [0.2, 0.25) is 0 Å². The molecule has 0 bridgehead atoms. The van der Waals surface area contributed by atoms with E-state index in [0.717, 1.165) is 25.9 Å². The minimum absolute atomic E-state index is 0.0266. The Kier molecular flexibility index (Phi) is 4.57. The summed E-state index contributed by atoms with van der Waals surface area (Å²) in [5, 5.41) is 0.947. The lowest BCUT2D eigenvalue weighted by atomic mass is 9.98. The number of piperidine rings is 1. The van der Waals surface area contributed by atoms with Gasteiger partial charge in [-0.25, -0.2) is 0 Å². The van der Waals surface area contributed by atoms with Gasteiger partial charge in [-0.15, -0.1) is 0 Å². The molecular weight excluding hydrogens is 337 g/mol. The quantitative estimate of drug-likeness (QED) is 0.676. The van der Waals surface area contributed by atoms with Crippen LogP contribution in [0.3, 0.4) is 0 Å². The Morgan fingerprint density at radius 2 is 1.89 bits per heavy atom. The van der Waals surface area contributed by atoms with Gasteiger partial charge >= 0.3 is 0 Å². The summed E-state index contributed by atoms with van der Waals surface area (Å²) in [6.07, 6.45) is 2.10. The van der Waals surface area contributed by atoms with E-state index in [0.29, 0.717) is 26.0 Å². The van der Waals surface area contributed by atoms with Gasteiger partial charge in [0.25, 0.3) is 5.91 Å². The van der Waals surface area contributed by atoms with Crippen molar-refractivity contribution in [2.24, 2.45) is 5.92 Å². The van der Waals surface area contributed by atoms with Crippen LogP contribution in [0.15, 0.2) is 16.6 Å². The molecule has 0 spiro atoms. The molecule has 2 rings (SSSR count). The lowest BCUT2D eigenvalue weighted by Gasteiger charge is -2.30. The van der Waals surface area contributed by atoms with Crippen LogP contribution in [-0.2, 0) is 0 Å². The van der Waals surface area contributed by atoms with Crippen molar-refractivity contribution in [2.45, 2.75) is 19.8 Å². The van der Waals surface area contributed by atoms with Crippen molar-refractivity contribution in [3.05, 3.63) is 32.2 Å². The Bertz CT molecular complexity index is 470. The summed E-state index contributed by atoms with van der Waals surface area (Å²) < 4.78 is 0.706. The van der Waals surface area contributed by atoms with Gasteiger partial charge in [-0.2, -0.15) is 0 Å². The molecule has 0 aromatic heterocycles. The molecule has 0 unspecified atom stereocenters. The summed E-state index contributed by atoms with van der Waals surface area (Å²) in [6, 6.07) is 3.30. The Morgan fingerprint density at radius 1 is 1.28 bits per heavy atom. The van der Waals surface area contributed by atoms with Gasteiger partial charge in [0.15, 0.2) is 0 Å². The summed E-state index contributed by atoms with van der Waals surface area (Å²) in [5.41, 5.74) is 0.486. The van der Waals surface area contributed by atoms with Crippen molar-refractivity contribution in [3.8, 4) is 0 Å². The largest absolute Gasteiger partial charge is 0.339 e. The molecule has 2 nitrogen and oxygen atoms in total. The standard InChI is InChI=1S/C13H14BrCl2NO/c1-8-2-4-17(5-3-8)13(18)9-6-12(16)10(14)7-11(9)15/h6-8H,2-5H2,1H3. The van der Waals surface area contributed by atoms with Crippen LogP contribution in [-0.4, -0.2) is 23.9 Å². The fourth-order valence-corrected chi connectivity index (χ4v) is 2.95. The van der Waals surface area contributed by atoms with Crippen molar-refractivity contribution in [3.63, 3.8) is 0 Å².